The number of hydrogen-bond acceptors (Lipinski definition) is 1. The Bertz CT molecular complexity index is 396. The summed E-state index contributed by atoms with van der Waals surface area (Å²) in [6.07, 6.45) is 0. The highest BCUT2D eigenvalue weighted by molar-refractivity contribution is 6.48. The molecule has 1 rings (SSSR count). The molecule has 94 valence electrons. The van der Waals surface area contributed by atoms with Crippen molar-refractivity contribution in [2.45, 2.75) is 13.8 Å². The SMILES string of the molecule is CCN(CC)C(=O)Nc1cc(Cl)c(Cl)c(Cl)c1. The first-order valence-electron chi connectivity index (χ1n) is 5.20. The molecule has 0 saturated heterocycles. The summed E-state index contributed by atoms with van der Waals surface area (Å²) in [4.78, 5) is 13.4. The molecule has 6 heteroatoms. The summed E-state index contributed by atoms with van der Waals surface area (Å²) in [6, 6.07) is 2.94. The molecule has 0 radical (unpaired) electrons. The van der Waals surface area contributed by atoms with Gasteiger partial charge in [-0.05, 0) is 26.0 Å². The molecule has 0 saturated carbocycles. The lowest BCUT2D eigenvalue weighted by Crippen LogP contribution is -2.34. The fraction of sp³-hybridized carbons (Fsp3) is 0.364. The molecule has 3 nitrogen and oxygen atoms in total. The predicted octanol–water partition coefficient (Wildman–Crippen LogP) is 4.52. The minimum absolute atomic E-state index is 0.190. The lowest BCUT2D eigenvalue weighted by molar-refractivity contribution is 0.217. The van der Waals surface area contributed by atoms with E-state index in [9.17, 15) is 4.79 Å². The first-order chi connectivity index (χ1) is 7.99. The maximum Gasteiger partial charge on any atom is 0.321 e. The number of amides is 2. The van der Waals surface area contributed by atoms with Crippen molar-refractivity contribution in [2.24, 2.45) is 0 Å². The number of nitrogens with one attached hydrogen (secondary N) is 1. The molecule has 2 amide bonds. The van der Waals surface area contributed by atoms with E-state index in [0.29, 0.717) is 28.8 Å². The summed E-state index contributed by atoms with van der Waals surface area (Å²) in [7, 11) is 0. The molecule has 1 N–H and O–H groups in total. The van der Waals surface area contributed by atoms with Gasteiger partial charge < -0.3 is 10.2 Å². The van der Waals surface area contributed by atoms with Gasteiger partial charge in [0.2, 0.25) is 0 Å². The summed E-state index contributed by atoms with van der Waals surface area (Å²) < 4.78 is 0. The van der Waals surface area contributed by atoms with E-state index in [1.54, 1.807) is 17.0 Å². The monoisotopic (exact) mass is 294 g/mol. The molecule has 17 heavy (non-hydrogen) atoms. The fourth-order valence-electron chi connectivity index (χ4n) is 1.34. The zero-order valence-corrected chi connectivity index (χ0v) is 11.8. The van der Waals surface area contributed by atoms with Crippen LogP contribution >= 0.6 is 34.8 Å². The molecule has 0 aliphatic carbocycles. The summed E-state index contributed by atoms with van der Waals surface area (Å²) >= 11 is 17.6. The fourth-order valence-corrected chi connectivity index (χ4v) is 1.94. The van der Waals surface area contributed by atoms with Gasteiger partial charge in [0.15, 0.2) is 0 Å². The van der Waals surface area contributed by atoms with E-state index in [-0.39, 0.29) is 11.1 Å². The van der Waals surface area contributed by atoms with Gasteiger partial charge in [-0.25, -0.2) is 4.79 Å². The van der Waals surface area contributed by atoms with Crippen LogP contribution in [0.1, 0.15) is 13.8 Å². The third kappa shape index (κ3) is 3.66. The van der Waals surface area contributed by atoms with Crippen molar-refractivity contribution in [3.63, 3.8) is 0 Å². The zero-order chi connectivity index (χ0) is 13.0. The molecule has 0 unspecified atom stereocenters. The number of urea groups is 1. The summed E-state index contributed by atoms with van der Waals surface area (Å²) in [5.41, 5.74) is 0.529. The minimum atomic E-state index is -0.190. The molecule has 0 aliphatic heterocycles. The highest BCUT2D eigenvalue weighted by Crippen LogP contribution is 2.33. The Labute approximate surface area is 116 Å². The van der Waals surface area contributed by atoms with Crippen LogP contribution in [-0.2, 0) is 0 Å². The van der Waals surface area contributed by atoms with Gasteiger partial charge in [-0.3, -0.25) is 0 Å². The summed E-state index contributed by atoms with van der Waals surface area (Å²) in [6.45, 7) is 5.09. The van der Waals surface area contributed by atoms with Crippen molar-refractivity contribution >= 4 is 46.5 Å². The van der Waals surface area contributed by atoms with Crippen molar-refractivity contribution in [3.8, 4) is 0 Å². The number of hydrogen-bond donors (Lipinski definition) is 1. The average molecular weight is 296 g/mol. The van der Waals surface area contributed by atoms with Crippen molar-refractivity contribution < 1.29 is 4.79 Å². The largest absolute Gasteiger partial charge is 0.325 e. The van der Waals surface area contributed by atoms with E-state index in [1.165, 1.54) is 0 Å². The Hall–Kier alpha value is -0.640. The topological polar surface area (TPSA) is 32.3 Å². The van der Waals surface area contributed by atoms with Crippen molar-refractivity contribution in [2.75, 3.05) is 18.4 Å². The van der Waals surface area contributed by atoms with Gasteiger partial charge in [-0.2, -0.15) is 0 Å². The van der Waals surface area contributed by atoms with Crippen LogP contribution in [0.5, 0.6) is 0 Å². The van der Waals surface area contributed by atoms with Gasteiger partial charge in [0.05, 0.1) is 15.1 Å². The van der Waals surface area contributed by atoms with Crippen LogP contribution < -0.4 is 5.32 Å². The minimum Gasteiger partial charge on any atom is -0.325 e. The number of anilines is 1. The van der Waals surface area contributed by atoms with Gasteiger partial charge in [0.25, 0.3) is 0 Å². The molecule has 0 aliphatic rings. The Morgan fingerprint density at radius 2 is 1.65 bits per heavy atom. The molecular formula is C11H13Cl3N2O. The normalized spacial score (nSPS) is 10.2. The summed E-state index contributed by atoms with van der Waals surface area (Å²) in [5, 5.41) is 3.63. The molecule has 0 atom stereocenters. The van der Waals surface area contributed by atoms with Crippen molar-refractivity contribution in [1.29, 1.82) is 0 Å². The quantitative estimate of drug-likeness (QED) is 0.817. The second-order valence-electron chi connectivity index (χ2n) is 3.36. The number of nitrogens with zero attached hydrogens (tertiary/aromatic N) is 1. The van der Waals surface area contributed by atoms with Crippen LogP contribution in [0.4, 0.5) is 10.5 Å². The van der Waals surface area contributed by atoms with Crippen LogP contribution in [0, 0.1) is 0 Å². The van der Waals surface area contributed by atoms with E-state index in [1.807, 2.05) is 13.8 Å². The van der Waals surface area contributed by atoms with Crippen LogP contribution in [-0.4, -0.2) is 24.0 Å². The van der Waals surface area contributed by atoms with Crippen LogP contribution in [0.2, 0.25) is 15.1 Å². The molecular weight excluding hydrogens is 282 g/mol. The third-order valence-corrected chi connectivity index (χ3v) is 3.48. The van der Waals surface area contributed by atoms with Gasteiger partial charge in [-0.1, -0.05) is 34.8 Å². The summed E-state index contributed by atoms with van der Waals surface area (Å²) in [5.74, 6) is 0. The lowest BCUT2D eigenvalue weighted by Gasteiger charge is -2.19. The number of rotatable bonds is 3. The van der Waals surface area contributed by atoms with Crippen LogP contribution in [0.3, 0.4) is 0 Å². The highest BCUT2D eigenvalue weighted by Gasteiger charge is 2.11. The first kappa shape index (κ1) is 14.4. The third-order valence-electron chi connectivity index (χ3n) is 2.29. The Morgan fingerprint density at radius 3 is 2.06 bits per heavy atom. The standard InChI is InChI=1S/C11H13Cl3N2O/c1-3-16(4-2)11(17)15-7-5-8(12)10(14)9(13)6-7/h5-6H,3-4H2,1-2H3,(H,15,17). The number of carbonyl (C=O) groups is 1. The molecule has 0 bridgehead atoms. The lowest BCUT2D eigenvalue weighted by atomic mass is 10.3. The second kappa shape index (κ2) is 6.34. The first-order valence-corrected chi connectivity index (χ1v) is 6.33. The Kier molecular flexibility index (Phi) is 5.37. The number of benzene rings is 1. The molecule has 0 heterocycles. The Morgan fingerprint density at radius 1 is 1.18 bits per heavy atom. The van der Waals surface area contributed by atoms with Gasteiger partial charge in [-0.15, -0.1) is 0 Å². The van der Waals surface area contributed by atoms with Crippen LogP contribution in [0.15, 0.2) is 12.1 Å². The van der Waals surface area contributed by atoms with E-state index in [4.69, 9.17) is 34.8 Å². The average Bonchev–Trinajstić information content (AvgIpc) is 2.27. The number of carbonyl (C=O) groups excluding carboxylic acids is 1. The maximum atomic E-state index is 11.8. The smallest absolute Gasteiger partial charge is 0.321 e. The predicted molar refractivity (Wildman–Crippen MR) is 73.4 cm³/mol. The van der Waals surface area contributed by atoms with E-state index in [2.05, 4.69) is 5.32 Å². The molecule has 1 aromatic rings. The zero-order valence-electron chi connectivity index (χ0n) is 9.56. The highest BCUT2D eigenvalue weighted by atomic mass is 35.5. The van der Waals surface area contributed by atoms with Crippen molar-refractivity contribution in [1.82, 2.24) is 4.90 Å². The van der Waals surface area contributed by atoms with Gasteiger partial charge >= 0.3 is 6.03 Å². The van der Waals surface area contributed by atoms with Gasteiger partial charge in [0, 0.05) is 18.8 Å². The molecule has 0 spiro atoms. The second-order valence-corrected chi connectivity index (χ2v) is 4.55. The van der Waals surface area contributed by atoms with E-state index < -0.39 is 0 Å². The van der Waals surface area contributed by atoms with Crippen LogP contribution in [0.25, 0.3) is 0 Å². The van der Waals surface area contributed by atoms with Crippen molar-refractivity contribution in [3.05, 3.63) is 27.2 Å². The molecule has 0 fully saturated rings. The number of halogens is 3. The maximum absolute atomic E-state index is 11.8. The van der Waals surface area contributed by atoms with Gasteiger partial charge in [0.1, 0.15) is 0 Å². The molecule has 1 aromatic carbocycles. The molecule has 0 aromatic heterocycles. The van der Waals surface area contributed by atoms with E-state index in [0.717, 1.165) is 0 Å². The van der Waals surface area contributed by atoms with E-state index >= 15 is 0 Å². The Balaban J connectivity index is 2.85.